The number of carbonyl (C=O) groups is 2. The lowest BCUT2D eigenvalue weighted by atomic mass is 9.81. The van der Waals surface area contributed by atoms with Crippen LogP contribution in [0.1, 0.15) is 49.8 Å². The lowest BCUT2D eigenvalue weighted by molar-refractivity contribution is -0.143. The molecule has 0 spiro atoms. The smallest absolute Gasteiger partial charge is 0.313 e. The molecule has 2 aromatic carbocycles. The summed E-state index contributed by atoms with van der Waals surface area (Å²) in [5, 5.41) is 0.323. The fourth-order valence-electron chi connectivity index (χ4n) is 4.76. The maximum atomic E-state index is 13.8. The minimum atomic E-state index is -5.07. The highest BCUT2D eigenvalue weighted by molar-refractivity contribution is 6.33. The molecule has 2 amide bonds. The first-order valence-electron chi connectivity index (χ1n) is 12.6. The molecule has 0 saturated carbocycles. The Hall–Kier alpha value is -3.60. The van der Waals surface area contributed by atoms with Crippen LogP contribution in [-0.2, 0) is 27.4 Å². The average Bonchev–Trinajstić information content (AvgIpc) is 2.91. The molecule has 2 heterocycles. The fourth-order valence-corrected chi connectivity index (χ4v) is 5.00. The molecule has 3 aromatic rings. The number of hydrogen-bond donors (Lipinski definition) is 0. The number of amides is 2. The van der Waals surface area contributed by atoms with E-state index in [9.17, 15) is 35.9 Å². The summed E-state index contributed by atoms with van der Waals surface area (Å²) in [4.78, 5) is 33.4. The third-order valence-electron chi connectivity index (χ3n) is 7.14. The lowest BCUT2D eigenvalue weighted by Crippen LogP contribution is -2.42. The van der Waals surface area contributed by atoms with Crippen LogP contribution in [0.25, 0.3) is 11.1 Å². The normalized spacial score (nSPS) is 14.8. The van der Waals surface area contributed by atoms with Crippen molar-refractivity contribution >= 4 is 34.9 Å². The topological polar surface area (TPSA) is 53.5 Å². The van der Waals surface area contributed by atoms with Gasteiger partial charge in [-0.15, -0.1) is 0 Å². The standard InChI is InChI=1S/C29H26ClF6N3O2/c1-27(2,17-12-18(28(31,32)33)14-19(13-17)29(34,35)36)26(41)38(3)23-16-37-24(39-11-7-6-10-25(39)40)15-21(23)20-8-4-5-9-22(20)30/h4-5,8-9,12-16H,6-7,10-11H2,1-3H3. The van der Waals surface area contributed by atoms with Gasteiger partial charge >= 0.3 is 12.4 Å². The van der Waals surface area contributed by atoms with Crippen LogP contribution in [0.5, 0.6) is 0 Å². The first kappa shape index (κ1) is 30.4. The maximum Gasteiger partial charge on any atom is 0.416 e. The number of alkyl halides is 6. The van der Waals surface area contributed by atoms with Gasteiger partial charge in [0, 0.05) is 36.2 Å². The van der Waals surface area contributed by atoms with Gasteiger partial charge in [0.15, 0.2) is 0 Å². The highest BCUT2D eigenvalue weighted by atomic mass is 35.5. The van der Waals surface area contributed by atoms with Crippen molar-refractivity contribution in [2.24, 2.45) is 0 Å². The number of rotatable bonds is 5. The molecule has 1 aromatic heterocycles. The van der Waals surface area contributed by atoms with Crippen LogP contribution in [-0.4, -0.2) is 30.4 Å². The van der Waals surface area contributed by atoms with Crippen molar-refractivity contribution in [1.82, 2.24) is 4.98 Å². The number of piperidine rings is 1. The number of likely N-dealkylation sites (N-methyl/N-ethyl adjacent to an activating group) is 1. The molecule has 0 radical (unpaired) electrons. The number of anilines is 2. The Bertz CT molecular complexity index is 1450. The van der Waals surface area contributed by atoms with Gasteiger partial charge in [-0.25, -0.2) is 4.98 Å². The van der Waals surface area contributed by atoms with Gasteiger partial charge in [0.05, 0.1) is 28.4 Å². The third kappa shape index (κ3) is 6.19. The minimum absolute atomic E-state index is 0.0216. The van der Waals surface area contributed by atoms with Crippen LogP contribution in [0, 0.1) is 0 Å². The number of aromatic nitrogens is 1. The van der Waals surface area contributed by atoms with Gasteiger partial charge in [0.25, 0.3) is 0 Å². The van der Waals surface area contributed by atoms with Gasteiger partial charge in [-0.1, -0.05) is 29.8 Å². The van der Waals surface area contributed by atoms with Crippen LogP contribution < -0.4 is 9.80 Å². The van der Waals surface area contributed by atoms with Crippen molar-refractivity contribution < 1.29 is 35.9 Å². The van der Waals surface area contributed by atoms with Gasteiger partial charge in [0.1, 0.15) is 5.82 Å². The molecule has 0 bridgehead atoms. The minimum Gasteiger partial charge on any atom is -0.313 e. The number of carbonyl (C=O) groups excluding carboxylic acids is 2. The lowest BCUT2D eigenvalue weighted by Gasteiger charge is -2.32. The molecule has 1 aliphatic rings. The van der Waals surface area contributed by atoms with Gasteiger partial charge < -0.3 is 4.90 Å². The number of hydrogen-bond acceptors (Lipinski definition) is 3. The predicted octanol–water partition coefficient (Wildman–Crippen LogP) is 7.90. The molecule has 4 rings (SSSR count). The third-order valence-corrected chi connectivity index (χ3v) is 7.47. The molecule has 1 aliphatic heterocycles. The second-order valence-corrected chi connectivity index (χ2v) is 10.7. The zero-order chi connectivity index (χ0) is 30.3. The Labute approximate surface area is 237 Å². The van der Waals surface area contributed by atoms with Crippen LogP contribution in [0.2, 0.25) is 5.02 Å². The van der Waals surface area contributed by atoms with Crippen molar-refractivity contribution in [2.75, 3.05) is 23.4 Å². The van der Waals surface area contributed by atoms with Crippen LogP contribution >= 0.6 is 11.6 Å². The summed E-state index contributed by atoms with van der Waals surface area (Å²) in [6.45, 7) is 2.96. The molecule has 0 unspecified atom stereocenters. The molecule has 0 N–H and O–H groups in total. The molecule has 0 aliphatic carbocycles. The largest absolute Gasteiger partial charge is 0.416 e. The molecule has 1 saturated heterocycles. The Balaban J connectivity index is 1.82. The van der Waals surface area contributed by atoms with E-state index in [2.05, 4.69) is 4.98 Å². The Morgan fingerprint density at radius 1 is 0.902 bits per heavy atom. The highest BCUT2D eigenvalue weighted by Crippen LogP contribution is 2.42. The zero-order valence-corrected chi connectivity index (χ0v) is 23.1. The number of halogens is 7. The number of benzene rings is 2. The van der Waals surface area contributed by atoms with Gasteiger partial charge in [0.2, 0.25) is 11.8 Å². The molecular formula is C29H26ClF6N3O2. The molecular weight excluding hydrogens is 572 g/mol. The first-order chi connectivity index (χ1) is 19.0. The quantitative estimate of drug-likeness (QED) is 0.281. The maximum absolute atomic E-state index is 13.8. The predicted molar refractivity (Wildman–Crippen MR) is 144 cm³/mol. The summed E-state index contributed by atoms with van der Waals surface area (Å²) >= 11 is 6.47. The van der Waals surface area contributed by atoms with E-state index >= 15 is 0 Å². The van der Waals surface area contributed by atoms with E-state index in [0.29, 0.717) is 47.1 Å². The van der Waals surface area contributed by atoms with E-state index in [0.717, 1.165) is 17.7 Å². The Morgan fingerprint density at radius 3 is 2.05 bits per heavy atom. The van der Waals surface area contributed by atoms with E-state index in [4.69, 9.17) is 11.6 Å². The van der Waals surface area contributed by atoms with Crippen molar-refractivity contribution in [3.63, 3.8) is 0 Å². The monoisotopic (exact) mass is 597 g/mol. The second-order valence-electron chi connectivity index (χ2n) is 10.3. The van der Waals surface area contributed by atoms with E-state index < -0.39 is 40.4 Å². The summed E-state index contributed by atoms with van der Waals surface area (Å²) in [7, 11) is 1.35. The molecule has 1 fully saturated rings. The fraction of sp³-hybridized carbons (Fsp3) is 0.345. The Kier molecular flexibility index (Phi) is 8.14. The van der Waals surface area contributed by atoms with Gasteiger partial charge in [-0.05, 0) is 62.6 Å². The molecule has 218 valence electrons. The highest BCUT2D eigenvalue weighted by Gasteiger charge is 2.41. The van der Waals surface area contributed by atoms with Crippen LogP contribution in [0.4, 0.5) is 37.8 Å². The van der Waals surface area contributed by atoms with E-state index in [1.807, 2.05) is 0 Å². The van der Waals surface area contributed by atoms with Gasteiger partial charge in [-0.2, -0.15) is 26.3 Å². The van der Waals surface area contributed by atoms with Crippen LogP contribution in [0.3, 0.4) is 0 Å². The molecule has 0 atom stereocenters. The Morgan fingerprint density at radius 2 is 1.49 bits per heavy atom. The average molecular weight is 598 g/mol. The molecule has 5 nitrogen and oxygen atoms in total. The van der Waals surface area contributed by atoms with Crippen LogP contribution in [0.15, 0.2) is 54.7 Å². The summed E-state index contributed by atoms with van der Waals surface area (Å²) in [5.41, 5.74) is -4.21. The summed E-state index contributed by atoms with van der Waals surface area (Å²) in [6, 6.07) is 9.46. The summed E-state index contributed by atoms with van der Waals surface area (Å²) in [6.07, 6.45) is -6.90. The summed E-state index contributed by atoms with van der Waals surface area (Å²) < 4.78 is 81.2. The van der Waals surface area contributed by atoms with Crippen molar-refractivity contribution in [2.45, 2.75) is 50.9 Å². The first-order valence-corrected chi connectivity index (χ1v) is 13.0. The zero-order valence-electron chi connectivity index (χ0n) is 22.3. The van der Waals surface area contributed by atoms with E-state index in [1.54, 1.807) is 30.3 Å². The van der Waals surface area contributed by atoms with E-state index in [-0.39, 0.29) is 17.7 Å². The molecule has 12 heteroatoms. The van der Waals surface area contributed by atoms with Crippen molar-refractivity contribution in [1.29, 1.82) is 0 Å². The molecule has 41 heavy (non-hydrogen) atoms. The second kappa shape index (κ2) is 11.0. The van der Waals surface area contributed by atoms with Crippen molar-refractivity contribution in [3.8, 4) is 11.1 Å². The summed E-state index contributed by atoms with van der Waals surface area (Å²) in [5.74, 6) is -0.569. The van der Waals surface area contributed by atoms with E-state index in [1.165, 1.54) is 32.0 Å². The number of nitrogens with zero attached hydrogens (tertiary/aromatic N) is 3. The number of pyridine rings is 1. The van der Waals surface area contributed by atoms with Gasteiger partial charge in [-0.3, -0.25) is 14.5 Å². The van der Waals surface area contributed by atoms with Crippen molar-refractivity contribution in [3.05, 3.63) is 76.4 Å². The SMILES string of the molecule is CN(C(=O)C(C)(C)c1cc(C(F)(F)F)cc(C(F)(F)F)c1)c1cnc(N2CCCCC2=O)cc1-c1ccccc1Cl.